The molecule has 0 aliphatic carbocycles. The van der Waals surface area contributed by atoms with Crippen LogP contribution in [0, 0.1) is 17.3 Å². The molecule has 0 saturated carbocycles. The van der Waals surface area contributed by atoms with Crippen molar-refractivity contribution >= 4 is 11.5 Å². The van der Waals surface area contributed by atoms with Crippen LogP contribution in [0.5, 0.6) is 0 Å². The van der Waals surface area contributed by atoms with E-state index in [0.717, 1.165) is 17.7 Å². The van der Waals surface area contributed by atoms with Crippen LogP contribution < -0.4 is 0 Å². The van der Waals surface area contributed by atoms with Crippen molar-refractivity contribution in [2.24, 2.45) is 17.3 Å². The molecule has 6 heteroatoms. The molecule has 1 aromatic rings. The highest BCUT2D eigenvalue weighted by atomic mass is 16.5. The Morgan fingerprint density at radius 2 is 2.10 bits per heavy atom. The summed E-state index contributed by atoms with van der Waals surface area (Å²) in [7, 11) is 0. The third-order valence-electron chi connectivity index (χ3n) is 5.32. The minimum atomic E-state index is -0.734. The first kappa shape index (κ1) is 22.9. The van der Waals surface area contributed by atoms with E-state index in [-0.39, 0.29) is 11.3 Å². The zero-order valence-corrected chi connectivity index (χ0v) is 18.3. The van der Waals surface area contributed by atoms with Crippen LogP contribution in [0.25, 0.3) is 5.57 Å². The number of allylic oxidation sites excluding steroid dienone is 3. The van der Waals surface area contributed by atoms with Crippen LogP contribution in [-0.4, -0.2) is 40.8 Å². The van der Waals surface area contributed by atoms with Crippen molar-refractivity contribution in [1.82, 2.24) is 10.1 Å². The van der Waals surface area contributed by atoms with Gasteiger partial charge in [-0.25, -0.2) is 0 Å². The fraction of sp³-hybridized carbons (Fsp3) is 0.565. The van der Waals surface area contributed by atoms with Gasteiger partial charge in [0, 0.05) is 24.7 Å². The van der Waals surface area contributed by atoms with Crippen LogP contribution in [0.15, 0.2) is 41.2 Å². The number of ether oxygens (including phenoxy) is 1. The maximum atomic E-state index is 11.7. The lowest BCUT2D eigenvalue weighted by Gasteiger charge is -2.41. The number of hydrogen-bond donors (Lipinski definition) is 1. The van der Waals surface area contributed by atoms with Gasteiger partial charge in [0.2, 0.25) is 0 Å². The molecule has 1 aromatic heterocycles. The standard InChI is InChI=1S/C23H34N2O4/c1-8-28-16(4)20(9-15(2)3)21-11-19(29-24-21)14-25-12-17(22(26)27)10-18(13-25)23(5,6)7/h9,11,17-18H,2,4,8,10,12-14H2,1,3,5-7H3,(H,26,27)/b20-9+. The van der Waals surface area contributed by atoms with Crippen LogP contribution in [0.4, 0.5) is 0 Å². The molecule has 2 rings (SSSR count). The minimum Gasteiger partial charge on any atom is -0.494 e. The number of rotatable bonds is 8. The molecule has 1 saturated heterocycles. The van der Waals surface area contributed by atoms with Gasteiger partial charge in [-0.1, -0.05) is 44.7 Å². The predicted octanol–water partition coefficient (Wildman–Crippen LogP) is 4.75. The van der Waals surface area contributed by atoms with Gasteiger partial charge in [0.1, 0.15) is 11.5 Å². The van der Waals surface area contributed by atoms with Crippen LogP contribution in [0.3, 0.4) is 0 Å². The number of carbonyl (C=O) groups is 1. The van der Waals surface area contributed by atoms with E-state index in [0.29, 0.717) is 49.2 Å². The second kappa shape index (κ2) is 9.44. The molecule has 6 nitrogen and oxygen atoms in total. The molecule has 0 amide bonds. The summed E-state index contributed by atoms with van der Waals surface area (Å²) >= 11 is 0. The van der Waals surface area contributed by atoms with E-state index in [1.807, 2.05) is 26.0 Å². The second-order valence-corrected chi connectivity index (χ2v) is 8.97. The number of aliphatic carboxylic acids is 1. The van der Waals surface area contributed by atoms with Gasteiger partial charge in [-0.3, -0.25) is 9.69 Å². The average Bonchev–Trinajstić information content (AvgIpc) is 3.06. The Balaban J connectivity index is 2.20. The Labute approximate surface area is 173 Å². The molecule has 29 heavy (non-hydrogen) atoms. The van der Waals surface area contributed by atoms with Crippen molar-refractivity contribution < 1.29 is 19.2 Å². The van der Waals surface area contributed by atoms with Crippen molar-refractivity contribution in [3.63, 3.8) is 0 Å². The monoisotopic (exact) mass is 402 g/mol. The van der Waals surface area contributed by atoms with Crippen LogP contribution >= 0.6 is 0 Å². The van der Waals surface area contributed by atoms with Gasteiger partial charge in [-0.15, -0.1) is 0 Å². The molecule has 2 unspecified atom stereocenters. The van der Waals surface area contributed by atoms with E-state index in [2.05, 4.69) is 44.0 Å². The fourth-order valence-electron chi connectivity index (χ4n) is 3.66. The van der Waals surface area contributed by atoms with E-state index in [9.17, 15) is 9.90 Å². The maximum Gasteiger partial charge on any atom is 0.307 e. The zero-order valence-electron chi connectivity index (χ0n) is 18.3. The Hall–Kier alpha value is -2.34. The molecule has 160 valence electrons. The van der Waals surface area contributed by atoms with Gasteiger partial charge in [0.15, 0.2) is 5.76 Å². The highest BCUT2D eigenvalue weighted by Crippen LogP contribution is 2.36. The van der Waals surface area contributed by atoms with Gasteiger partial charge in [-0.2, -0.15) is 0 Å². The molecule has 0 radical (unpaired) electrons. The van der Waals surface area contributed by atoms with Crippen LogP contribution in [-0.2, 0) is 16.1 Å². The topological polar surface area (TPSA) is 75.8 Å². The highest BCUT2D eigenvalue weighted by Gasteiger charge is 2.37. The van der Waals surface area contributed by atoms with E-state index >= 15 is 0 Å². The van der Waals surface area contributed by atoms with Gasteiger partial charge in [0.25, 0.3) is 0 Å². The molecule has 1 fully saturated rings. The number of likely N-dealkylation sites (tertiary alicyclic amines) is 1. The van der Waals surface area contributed by atoms with E-state index in [1.165, 1.54) is 0 Å². The predicted molar refractivity (Wildman–Crippen MR) is 114 cm³/mol. The van der Waals surface area contributed by atoms with Crippen molar-refractivity contribution in [2.45, 2.75) is 47.6 Å². The van der Waals surface area contributed by atoms with E-state index in [1.54, 1.807) is 0 Å². The Morgan fingerprint density at radius 1 is 1.41 bits per heavy atom. The summed E-state index contributed by atoms with van der Waals surface area (Å²) in [5, 5.41) is 13.8. The van der Waals surface area contributed by atoms with Crippen molar-refractivity contribution in [3.05, 3.63) is 48.1 Å². The van der Waals surface area contributed by atoms with Crippen LogP contribution in [0.2, 0.25) is 0 Å². The van der Waals surface area contributed by atoms with Gasteiger partial charge >= 0.3 is 5.97 Å². The molecule has 2 heterocycles. The summed E-state index contributed by atoms with van der Waals surface area (Å²) < 4.78 is 11.1. The number of aromatic nitrogens is 1. The second-order valence-electron chi connectivity index (χ2n) is 8.97. The normalized spacial score (nSPS) is 21.1. The molecular weight excluding hydrogens is 368 g/mol. The van der Waals surface area contributed by atoms with Gasteiger partial charge in [0.05, 0.1) is 19.1 Å². The minimum absolute atomic E-state index is 0.0472. The maximum absolute atomic E-state index is 11.7. The third kappa shape index (κ3) is 6.32. The quantitative estimate of drug-likeness (QED) is 0.499. The molecule has 0 aromatic carbocycles. The summed E-state index contributed by atoms with van der Waals surface area (Å²) in [4.78, 5) is 13.8. The molecule has 1 aliphatic rings. The molecule has 0 bridgehead atoms. The fourth-order valence-corrected chi connectivity index (χ4v) is 3.66. The largest absolute Gasteiger partial charge is 0.494 e. The number of carboxylic acids is 1. The summed E-state index contributed by atoms with van der Waals surface area (Å²) in [5.74, 6) is 0.410. The van der Waals surface area contributed by atoms with E-state index in [4.69, 9.17) is 9.26 Å². The molecule has 1 N–H and O–H groups in total. The lowest BCUT2D eigenvalue weighted by atomic mass is 9.73. The lowest BCUT2D eigenvalue weighted by molar-refractivity contribution is -0.145. The third-order valence-corrected chi connectivity index (χ3v) is 5.32. The zero-order chi connectivity index (χ0) is 21.8. The molecular formula is C23H34N2O4. The molecule has 1 aliphatic heterocycles. The first-order valence-corrected chi connectivity index (χ1v) is 10.1. The average molecular weight is 403 g/mol. The van der Waals surface area contributed by atoms with Crippen molar-refractivity contribution in [1.29, 1.82) is 0 Å². The van der Waals surface area contributed by atoms with Crippen LogP contribution in [0.1, 0.15) is 52.5 Å². The summed E-state index contributed by atoms with van der Waals surface area (Å²) in [6.07, 6.45) is 2.58. The number of carboxylic acid groups (broad SMARTS) is 1. The van der Waals surface area contributed by atoms with Gasteiger partial charge in [-0.05, 0) is 37.7 Å². The Morgan fingerprint density at radius 3 is 2.66 bits per heavy atom. The van der Waals surface area contributed by atoms with Crippen molar-refractivity contribution in [2.75, 3.05) is 19.7 Å². The first-order valence-electron chi connectivity index (χ1n) is 10.1. The smallest absolute Gasteiger partial charge is 0.307 e. The van der Waals surface area contributed by atoms with E-state index < -0.39 is 5.97 Å². The summed E-state index contributed by atoms with van der Waals surface area (Å²) in [6, 6.07) is 1.87. The molecule has 2 atom stereocenters. The number of piperidine rings is 1. The molecule has 0 spiro atoms. The summed E-state index contributed by atoms with van der Waals surface area (Å²) in [5.41, 5.74) is 2.29. The Bertz CT molecular complexity index is 785. The van der Waals surface area contributed by atoms with Crippen molar-refractivity contribution in [3.8, 4) is 0 Å². The first-order chi connectivity index (χ1) is 13.5. The van der Waals surface area contributed by atoms with Gasteiger partial charge < -0.3 is 14.4 Å². The SMILES string of the molecule is C=C(C)/C=C(\C(=C)OCC)c1cc(CN2CC(C(=O)O)CC(C(C)(C)C)C2)on1. The number of hydrogen-bond acceptors (Lipinski definition) is 5. The summed E-state index contributed by atoms with van der Waals surface area (Å²) in [6.45, 7) is 20.6. The number of nitrogens with zero attached hydrogens (tertiary/aromatic N) is 2. The lowest BCUT2D eigenvalue weighted by Crippen LogP contribution is -2.46. The Kier molecular flexibility index (Phi) is 7.47. The highest BCUT2D eigenvalue weighted by molar-refractivity contribution is 5.76.